The zero-order valence-corrected chi connectivity index (χ0v) is 10.9. The third-order valence-corrected chi connectivity index (χ3v) is 3.84. The van der Waals surface area contributed by atoms with Gasteiger partial charge in [-0.1, -0.05) is 6.92 Å². The Balaban J connectivity index is 2.02. The van der Waals surface area contributed by atoms with Gasteiger partial charge in [0.05, 0.1) is 18.1 Å². The van der Waals surface area contributed by atoms with E-state index in [-0.39, 0.29) is 18.9 Å². The number of hydrogen-bond donors (Lipinski definition) is 2. The number of hydrogen-bond acceptors (Lipinski definition) is 5. The second-order valence-electron chi connectivity index (χ2n) is 4.95. The highest BCUT2D eigenvalue weighted by atomic mass is 16.5. The summed E-state index contributed by atoms with van der Waals surface area (Å²) in [7, 11) is 0. The number of fused-ring (bicyclic) bond motifs is 1. The van der Waals surface area contributed by atoms with Crippen LogP contribution in [0.3, 0.4) is 0 Å². The van der Waals surface area contributed by atoms with E-state index in [0.717, 1.165) is 23.9 Å². The van der Waals surface area contributed by atoms with Crippen molar-refractivity contribution < 1.29 is 9.84 Å². The summed E-state index contributed by atoms with van der Waals surface area (Å²) in [6, 6.07) is 1.91. The maximum atomic E-state index is 9.27. The molecule has 2 aromatic heterocycles. The largest absolute Gasteiger partial charge is 0.394 e. The number of aliphatic hydroxyl groups excluding tert-OH is 1. The molecular weight excluding hydrogens is 244 g/mol. The summed E-state index contributed by atoms with van der Waals surface area (Å²) in [5.74, 6) is 0.859. The standard InChI is InChI=1S/C13H18N4O2/c1-2-8-5-9(6-18)19-13(8)17-4-3-10-11(14)15-7-16-12(10)17/h3-4,7-9,13,18H,2,5-6H2,1H3,(H2,14,15,16)/t8-,9-,13+/m0/s1. The zero-order valence-electron chi connectivity index (χ0n) is 10.9. The minimum absolute atomic E-state index is 0.0589. The van der Waals surface area contributed by atoms with Gasteiger partial charge in [0.2, 0.25) is 0 Å². The van der Waals surface area contributed by atoms with Gasteiger partial charge in [0, 0.05) is 12.1 Å². The van der Waals surface area contributed by atoms with E-state index in [1.807, 2.05) is 16.8 Å². The van der Waals surface area contributed by atoms with Crippen LogP contribution in [0, 0.1) is 5.92 Å². The highest BCUT2D eigenvalue weighted by molar-refractivity contribution is 5.86. The smallest absolute Gasteiger partial charge is 0.147 e. The average molecular weight is 262 g/mol. The summed E-state index contributed by atoms with van der Waals surface area (Å²) in [6.07, 6.45) is 5.09. The predicted octanol–water partition coefficient (Wildman–Crippen LogP) is 1.32. The molecule has 2 aromatic rings. The number of nitrogens with zero attached hydrogens (tertiary/aromatic N) is 3. The van der Waals surface area contributed by atoms with Gasteiger partial charge in [-0.25, -0.2) is 9.97 Å². The van der Waals surface area contributed by atoms with E-state index in [1.165, 1.54) is 6.33 Å². The van der Waals surface area contributed by atoms with Crippen molar-refractivity contribution in [3.8, 4) is 0 Å². The van der Waals surface area contributed by atoms with Crippen LogP contribution in [-0.4, -0.2) is 32.4 Å². The lowest BCUT2D eigenvalue weighted by Gasteiger charge is -2.19. The molecule has 0 saturated carbocycles. The number of aliphatic hydroxyl groups is 1. The minimum atomic E-state index is -0.0911. The normalized spacial score (nSPS) is 27.2. The summed E-state index contributed by atoms with van der Waals surface area (Å²) < 4.78 is 7.92. The Labute approximate surface area is 111 Å². The van der Waals surface area contributed by atoms with Crippen LogP contribution in [0.2, 0.25) is 0 Å². The van der Waals surface area contributed by atoms with Gasteiger partial charge in [0.15, 0.2) is 0 Å². The molecule has 6 heteroatoms. The van der Waals surface area contributed by atoms with Crippen molar-refractivity contribution in [3.05, 3.63) is 18.6 Å². The first-order valence-electron chi connectivity index (χ1n) is 6.58. The van der Waals surface area contributed by atoms with Gasteiger partial charge in [-0.05, 0) is 18.9 Å². The van der Waals surface area contributed by atoms with Gasteiger partial charge in [-0.2, -0.15) is 0 Å². The molecule has 1 aliphatic rings. The van der Waals surface area contributed by atoms with Gasteiger partial charge >= 0.3 is 0 Å². The number of aromatic nitrogens is 3. The molecule has 102 valence electrons. The second kappa shape index (κ2) is 4.79. The summed E-state index contributed by atoms with van der Waals surface area (Å²) >= 11 is 0. The summed E-state index contributed by atoms with van der Waals surface area (Å²) in [5, 5.41) is 10.1. The van der Waals surface area contributed by atoms with E-state index >= 15 is 0 Å². The van der Waals surface area contributed by atoms with Crippen molar-refractivity contribution in [1.29, 1.82) is 0 Å². The van der Waals surface area contributed by atoms with Crippen LogP contribution in [0.15, 0.2) is 18.6 Å². The van der Waals surface area contributed by atoms with Crippen LogP contribution in [-0.2, 0) is 4.74 Å². The average Bonchev–Trinajstić information content (AvgIpc) is 3.02. The summed E-state index contributed by atoms with van der Waals surface area (Å²) in [4.78, 5) is 8.29. The Kier molecular flexibility index (Phi) is 3.12. The lowest BCUT2D eigenvalue weighted by molar-refractivity contribution is -0.0311. The number of nitrogens with two attached hydrogens (primary N) is 1. The van der Waals surface area contributed by atoms with Crippen molar-refractivity contribution >= 4 is 16.9 Å². The quantitative estimate of drug-likeness (QED) is 0.871. The van der Waals surface area contributed by atoms with Gasteiger partial charge in [0.1, 0.15) is 24.0 Å². The van der Waals surface area contributed by atoms with E-state index in [0.29, 0.717) is 11.7 Å². The second-order valence-corrected chi connectivity index (χ2v) is 4.95. The maximum Gasteiger partial charge on any atom is 0.147 e. The molecule has 3 heterocycles. The number of anilines is 1. The van der Waals surface area contributed by atoms with Crippen LogP contribution in [0.25, 0.3) is 11.0 Å². The number of ether oxygens (including phenoxy) is 1. The molecule has 0 radical (unpaired) electrons. The number of nitrogen functional groups attached to an aromatic ring is 1. The summed E-state index contributed by atoms with van der Waals surface area (Å²) in [5.41, 5.74) is 6.63. The lowest BCUT2D eigenvalue weighted by Crippen LogP contribution is -2.16. The molecule has 1 fully saturated rings. The Morgan fingerprint density at radius 1 is 1.53 bits per heavy atom. The highest BCUT2D eigenvalue weighted by Crippen LogP contribution is 2.38. The Bertz CT molecular complexity index is 583. The van der Waals surface area contributed by atoms with Crippen LogP contribution in [0.4, 0.5) is 5.82 Å². The first-order chi connectivity index (χ1) is 9.24. The molecule has 0 spiro atoms. The molecule has 1 aliphatic heterocycles. The Morgan fingerprint density at radius 2 is 2.37 bits per heavy atom. The third-order valence-electron chi connectivity index (χ3n) is 3.84. The molecule has 3 N–H and O–H groups in total. The van der Waals surface area contributed by atoms with E-state index < -0.39 is 0 Å². The van der Waals surface area contributed by atoms with Gasteiger partial charge < -0.3 is 20.1 Å². The fourth-order valence-electron chi connectivity index (χ4n) is 2.79. The molecule has 3 rings (SSSR count). The monoisotopic (exact) mass is 262 g/mol. The van der Waals surface area contributed by atoms with E-state index in [9.17, 15) is 5.11 Å². The molecule has 0 aliphatic carbocycles. The molecule has 0 amide bonds. The summed E-state index contributed by atoms with van der Waals surface area (Å²) in [6.45, 7) is 2.19. The van der Waals surface area contributed by atoms with Crippen LogP contribution in [0.1, 0.15) is 26.0 Å². The molecule has 1 saturated heterocycles. The third kappa shape index (κ3) is 1.97. The van der Waals surface area contributed by atoms with Crippen molar-refractivity contribution in [2.24, 2.45) is 5.92 Å². The van der Waals surface area contributed by atoms with E-state index in [4.69, 9.17) is 10.5 Å². The van der Waals surface area contributed by atoms with Crippen LogP contribution in [0.5, 0.6) is 0 Å². The Morgan fingerprint density at radius 3 is 3.11 bits per heavy atom. The van der Waals surface area contributed by atoms with Gasteiger partial charge in [-0.15, -0.1) is 0 Å². The van der Waals surface area contributed by atoms with Crippen LogP contribution < -0.4 is 5.73 Å². The molecule has 19 heavy (non-hydrogen) atoms. The molecule has 0 aromatic carbocycles. The van der Waals surface area contributed by atoms with E-state index in [2.05, 4.69) is 16.9 Å². The molecule has 0 unspecified atom stereocenters. The molecular formula is C13H18N4O2. The zero-order chi connectivity index (χ0) is 13.4. The molecule has 0 bridgehead atoms. The molecule has 3 atom stereocenters. The number of rotatable bonds is 3. The first-order valence-corrected chi connectivity index (χ1v) is 6.58. The van der Waals surface area contributed by atoms with Crippen molar-refractivity contribution in [1.82, 2.24) is 14.5 Å². The van der Waals surface area contributed by atoms with Gasteiger partial charge in [-0.3, -0.25) is 0 Å². The van der Waals surface area contributed by atoms with Crippen molar-refractivity contribution in [2.45, 2.75) is 32.1 Å². The maximum absolute atomic E-state index is 9.27. The topological polar surface area (TPSA) is 86.2 Å². The van der Waals surface area contributed by atoms with Crippen molar-refractivity contribution in [3.63, 3.8) is 0 Å². The van der Waals surface area contributed by atoms with E-state index in [1.54, 1.807) is 0 Å². The SMILES string of the molecule is CC[C@H]1C[C@@H](CO)O[C@H]1n1ccc2c(N)ncnc21. The predicted molar refractivity (Wildman–Crippen MR) is 71.3 cm³/mol. The fourth-order valence-corrected chi connectivity index (χ4v) is 2.79. The Hall–Kier alpha value is -1.66. The van der Waals surface area contributed by atoms with Gasteiger partial charge in [0.25, 0.3) is 0 Å². The molecule has 6 nitrogen and oxygen atoms in total. The minimum Gasteiger partial charge on any atom is -0.394 e. The lowest BCUT2D eigenvalue weighted by atomic mass is 10.0. The van der Waals surface area contributed by atoms with Crippen molar-refractivity contribution in [2.75, 3.05) is 12.3 Å². The highest BCUT2D eigenvalue weighted by Gasteiger charge is 2.35. The van der Waals surface area contributed by atoms with Crippen LogP contribution >= 0.6 is 0 Å². The first kappa shape index (κ1) is 12.4. The fraction of sp³-hybridized carbons (Fsp3) is 0.538.